The molecule has 0 spiro atoms. The molecule has 0 atom stereocenters. The molecule has 1 aromatic heterocycles. The van der Waals surface area contributed by atoms with Gasteiger partial charge in [-0.2, -0.15) is 10.1 Å². The van der Waals surface area contributed by atoms with Crippen molar-refractivity contribution in [3.63, 3.8) is 0 Å². The van der Waals surface area contributed by atoms with E-state index >= 15 is 0 Å². The van der Waals surface area contributed by atoms with Gasteiger partial charge in [0.2, 0.25) is 0 Å². The smallest absolute Gasteiger partial charge is 0.305 e. The monoisotopic (exact) mass is 523 g/mol. The maximum atomic E-state index is 13.2. The first-order valence-corrected chi connectivity index (χ1v) is 10.1. The number of urea groups is 1. The number of nitrogens with zero attached hydrogens (tertiary/aromatic N) is 5. The van der Waals surface area contributed by atoms with Gasteiger partial charge in [-0.05, 0) is 46.6 Å². The van der Waals surface area contributed by atoms with Gasteiger partial charge in [-0.25, -0.2) is 15.2 Å². The normalized spacial score (nSPS) is 11.0. The maximum absolute atomic E-state index is 13.2. The Morgan fingerprint density at radius 3 is 2.66 bits per heavy atom. The van der Waals surface area contributed by atoms with Gasteiger partial charge in [-0.1, -0.05) is 18.2 Å². The molecule has 0 aliphatic carbocycles. The summed E-state index contributed by atoms with van der Waals surface area (Å²) in [6, 6.07) is 4.61. The van der Waals surface area contributed by atoms with Crippen molar-refractivity contribution in [2.75, 3.05) is 24.4 Å². The number of hydrazone groups is 1. The van der Waals surface area contributed by atoms with Crippen molar-refractivity contribution in [1.82, 2.24) is 15.4 Å². The summed E-state index contributed by atoms with van der Waals surface area (Å²) in [6.07, 6.45) is 2.78. The van der Waals surface area contributed by atoms with Crippen LogP contribution in [0.1, 0.15) is 15.9 Å². The van der Waals surface area contributed by atoms with Crippen LogP contribution >= 0.6 is 27.5 Å². The molecule has 0 aliphatic rings. The quantitative estimate of drug-likeness (QED) is 0.318. The lowest BCUT2D eigenvalue weighted by Crippen LogP contribution is -2.38. The number of hydrazine groups is 1. The number of non-ortho nitro benzene ring substituents is 1. The molecule has 32 heavy (non-hydrogen) atoms. The number of allylic oxidation sites excluding steroid dienone is 1. The number of halogens is 2. The molecular weight excluding hydrogens is 506 g/mol. The lowest BCUT2D eigenvalue weighted by atomic mass is 10.1. The number of hydrogen-bond donors (Lipinski definition) is 2. The fourth-order valence-corrected chi connectivity index (χ4v) is 2.87. The molecule has 11 nitrogen and oxygen atoms in total. The van der Waals surface area contributed by atoms with Gasteiger partial charge >= 0.3 is 6.03 Å². The number of anilines is 2. The Morgan fingerprint density at radius 1 is 1.41 bits per heavy atom. The first-order valence-electron chi connectivity index (χ1n) is 8.93. The Balaban J connectivity index is 2.60. The summed E-state index contributed by atoms with van der Waals surface area (Å²) in [5.41, 5.74) is 2.58. The van der Waals surface area contributed by atoms with Crippen molar-refractivity contribution in [2.45, 2.75) is 6.92 Å². The van der Waals surface area contributed by atoms with Gasteiger partial charge in [0, 0.05) is 32.4 Å². The molecule has 13 heteroatoms. The van der Waals surface area contributed by atoms with E-state index in [0.29, 0.717) is 5.56 Å². The van der Waals surface area contributed by atoms with Crippen LogP contribution in [-0.4, -0.2) is 45.6 Å². The number of aryl methyl sites for hydroxylation is 1. The van der Waals surface area contributed by atoms with Crippen molar-refractivity contribution >= 4 is 61.3 Å². The highest BCUT2D eigenvalue weighted by Crippen LogP contribution is 2.30. The van der Waals surface area contributed by atoms with Crippen LogP contribution in [0.4, 0.5) is 22.0 Å². The fraction of sp³-hybridized carbons (Fsp3) is 0.158. The number of hydrogen-bond acceptors (Lipinski definition) is 7. The van der Waals surface area contributed by atoms with E-state index in [2.05, 4.69) is 43.3 Å². The van der Waals surface area contributed by atoms with E-state index in [1.807, 2.05) is 0 Å². The largest absolute Gasteiger partial charge is 0.348 e. The number of carbonyl (C=O) groups excluding carboxylic acids is 2. The lowest BCUT2D eigenvalue weighted by molar-refractivity contribution is -0.384. The standard InChI is InChI=1S/C19H19BrClN7O4/c1-5-15(20)25-27(17-14(21)7-6-8-23-17)19(30)24-16-11(2)9-12(28(31)32)10-13(16)18(29)26(4)22-3/h5-10,22H,1H2,2-4H3,(H,24,30)/b25-15+. The number of aromatic nitrogens is 1. The zero-order valence-corrected chi connectivity index (χ0v) is 19.6. The average Bonchev–Trinajstić information content (AvgIpc) is 2.77. The Hall–Kier alpha value is -3.35. The van der Waals surface area contributed by atoms with Gasteiger partial charge < -0.3 is 5.32 Å². The highest BCUT2D eigenvalue weighted by molar-refractivity contribution is 9.18. The van der Waals surface area contributed by atoms with Crippen molar-refractivity contribution in [3.05, 3.63) is 69.4 Å². The number of nitro benzene ring substituents is 1. The molecule has 168 valence electrons. The zero-order valence-electron chi connectivity index (χ0n) is 17.3. The number of amides is 3. The van der Waals surface area contributed by atoms with E-state index in [-0.39, 0.29) is 32.4 Å². The minimum atomic E-state index is -0.817. The molecule has 2 rings (SSSR count). The number of rotatable bonds is 7. The second-order valence-corrected chi connectivity index (χ2v) is 7.43. The van der Waals surface area contributed by atoms with Gasteiger partial charge in [-0.15, -0.1) is 0 Å². The molecule has 0 radical (unpaired) electrons. The maximum Gasteiger partial charge on any atom is 0.348 e. The summed E-state index contributed by atoms with van der Waals surface area (Å²) >= 11 is 9.34. The topological polar surface area (TPSA) is 133 Å². The minimum absolute atomic E-state index is 0.0188. The highest BCUT2D eigenvalue weighted by Gasteiger charge is 2.26. The molecule has 0 saturated carbocycles. The van der Waals surface area contributed by atoms with Gasteiger partial charge in [0.05, 0.1) is 21.2 Å². The van der Waals surface area contributed by atoms with Crippen LogP contribution in [0.15, 0.2) is 48.2 Å². The van der Waals surface area contributed by atoms with Crippen LogP contribution < -0.4 is 15.8 Å². The molecule has 0 bridgehead atoms. The van der Waals surface area contributed by atoms with Gasteiger partial charge in [0.1, 0.15) is 4.62 Å². The third-order valence-corrected chi connectivity index (χ3v) is 4.91. The van der Waals surface area contributed by atoms with E-state index in [1.165, 1.54) is 45.4 Å². The Bertz CT molecular complexity index is 1110. The molecule has 1 aromatic carbocycles. The average molecular weight is 525 g/mol. The summed E-state index contributed by atoms with van der Waals surface area (Å²) in [4.78, 5) is 40.8. The van der Waals surface area contributed by atoms with Crippen molar-refractivity contribution in [3.8, 4) is 0 Å². The molecule has 0 saturated heterocycles. The van der Waals surface area contributed by atoms with Crippen LogP contribution in [0.2, 0.25) is 5.02 Å². The third kappa shape index (κ3) is 5.66. The van der Waals surface area contributed by atoms with Gasteiger partial charge in [0.25, 0.3) is 11.6 Å². The van der Waals surface area contributed by atoms with Crippen molar-refractivity contribution in [1.29, 1.82) is 0 Å². The van der Waals surface area contributed by atoms with E-state index in [0.717, 1.165) is 16.1 Å². The predicted octanol–water partition coefficient (Wildman–Crippen LogP) is 4.09. The summed E-state index contributed by atoms with van der Waals surface area (Å²) in [7, 11) is 2.94. The SMILES string of the molecule is C=C/C(Br)=N\N(C(=O)Nc1c(C)cc([N+](=O)[O-])cc1C(=O)N(C)NC)c1ncccc1Cl. The molecule has 2 N–H and O–H groups in total. The van der Waals surface area contributed by atoms with E-state index < -0.39 is 16.9 Å². The third-order valence-electron chi connectivity index (χ3n) is 4.13. The Morgan fingerprint density at radius 2 is 2.09 bits per heavy atom. The summed E-state index contributed by atoms with van der Waals surface area (Å²) < 4.78 is 0.209. The molecule has 3 amide bonds. The first kappa shape index (κ1) is 24.9. The molecule has 0 unspecified atom stereocenters. The number of benzene rings is 1. The summed E-state index contributed by atoms with van der Waals surface area (Å²) in [5, 5.41) is 20.1. The van der Waals surface area contributed by atoms with Crippen LogP contribution in [0.5, 0.6) is 0 Å². The second kappa shape index (κ2) is 10.8. The molecule has 1 heterocycles. The molecule has 0 aliphatic heterocycles. The number of nitrogens with one attached hydrogen (secondary N) is 2. The highest BCUT2D eigenvalue weighted by atomic mass is 79.9. The van der Waals surface area contributed by atoms with Gasteiger partial charge in [-0.3, -0.25) is 19.9 Å². The van der Waals surface area contributed by atoms with Gasteiger partial charge in [0.15, 0.2) is 5.82 Å². The second-order valence-electron chi connectivity index (χ2n) is 6.21. The van der Waals surface area contributed by atoms with E-state index in [9.17, 15) is 19.7 Å². The van der Waals surface area contributed by atoms with Crippen LogP contribution in [-0.2, 0) is 0 Å². The summed E-state index contributed by atoms with van der Waals surface area (Å²) in [6.45, 7) is 5.10. The molecule has 2 aromatic rings. The number of nitro groups is 1. The molecule has 0 fully saturated rings. The van der Waals surface area contributed by atoms with Crippen molar-refractivity contribution in [2.24, 2.45) is 5.10 Å². The molecular formula is C19H19BrClN7O4. The van der Waals surface area contributed by atoms with Crippen LogP contribution in [0, 0.1) is 17.0 Å². The van der Waals surface area contributed by atoms with Crippen LogP contribution in [0.3, 0.4) is 0 Å². The number of pyridine rings is 1. The Labute approximate surface area is 197 Å². The number of carbonyl (C=O) groups is 2. The van der Waals surface area contributed by atoms with E-state index in [1.54, 1.807) is 6.07 Å². The van der Waals surface area contributed by atoms with Crippen LogP contribution in [0.25, 0.3) is 0 Å². The Kier molecular flexibility index (Phi) is 8.41. The first-order chi connectivity index (χ1) is 15.1. The van der Waals surface area contributed by atoms with E-state index in [4.69, 9.17) is 11.6 Å². The zero-order chi connectivity index (χ0) is 24.0. The summed E-state index contributed by atoms with van der Waals surface area (Å²) in [5.74, 6) is -0.585. The minimum Gasteiger partial charge on any atom is -0.305 e. The fourth-order valence-electron chi connectivity index (χ4n) is 2.51. The lowest BCUT2D eigenvalue weighted by Gasteiger charge is -2.22. The van der Waals surface area contributed by atoms with Crippen molar-refractivity contribution < 1.29 is 14.5 Å². The predicted molar refractivity (Wildman–Crippen MR) is 126 cm³/mol.